The van der Waals surface area contributed by atoms with E-state index < -0.39 is 17.7 Å². The lowest BCUT2D eigenvalue weighted by Crippen LogP contribution is -2.34. The summed E-state index contributed by atoms with van der Waals surface area (Å²) in [4.78, 5) is 62.5. The van der Waals surface area contributed by atoms with E-state index >= 15 is 0 Å². The van der Waals surface area contributed by atoms with Gasteiger partial charge in [-0.2, -0.15) is 5.06 Å². The van der Waals surface area contributed by atoms with Crippen LogP contribution in [-0.2, 0) is 25.8 Å². The third-order valence-corrected chi connectivity index (χ3v) is 9.02. The number of benzene rings is 6. The Kier molecular flexibility index (Phi) is 8.21. The molecular formula is C41H33N3O6. The van der Waals surface area contributed by atoms with E-state index in [2.05, 4.69) is 46.6 Å². The highest BCUT2D eigenvalue weighted by Crippen LogP contribution is 2.37. The summed E-state index contributed by atoms with van der Waals surface area (Å²) in [5.41, 5.74) is 2.55. The van der Waals surface area contributed by atoms with Crippen LogP contribution in [0.2, 0.25) is 0 Å². The van der Waals surface area contributed by atoms with E-state index in [-0.39, 0.29) is 29.4 Å². The third-order valence-electron chi connectivity index (χ3n) is 9.02. The number of hydrogen-bond donors (Lipinski definition) is 0. The second kappa shape index (κ2) is 12.7. The second-order valence-corrected chi connectivity index (χ2v) is 12.0. The van der Waals surface area contributed by atoms with Gasteiger partial charge in [-0.15, -0.1) is 0 Å². The zero-order valence-corrected chi connectivity index (χ0v) is 28.1. The van der Waals surface area contributed by atoms with Crippen molar-refractivity contribution in [2.45, 2.75) is 34.2 Å². The van der Waals surface area contributed by atoms with Crippen molar-refractivity contribution in [3.8, 4) is 0 Å². The number of allylic oxidation sites excluding steroid dienone is 1. The molecule has 6 aromatic carbocycles. The van der Waals surface area contributed by atoms with E-state index in [4.69, 9.17) is 9.68 Å². The topological polar surface area (TPSA) is 107 Å². The van der Waals surface area contributed by atoms with Crippen LogP contribution < -0.4 is 0 Å². The van der Waals surface area contributed by atoms with Gasteiger partial charge in [0.2, 0.25) is 11.7 Å². The Balaban J connectivity index is 1.35. The molecule has 0 unspecified atom stereocenters. The van der Waals surface area contributed by atoms with Crippen LogP contribution in [-0.4, -0.2) is 45.4 Å². The van der Waals surface area contributed by atoms with E-state index in [1.165, 1.54) is 6.92 Å². The van der Waals surface area contributed by atoms with Crippen molar-refractivity contribution in [2.75, 3.05) is 6.61 Å². The summed E-state index contributed by atoms with van der Waals surface area (Å²) in [6.07, 6.45) is 0. The Hall–Kier alpha value is -6.19. The van der Waals surface area contributed by atoms with Gasteiger partial charge in [-0.25, -0.2) is 4.79 Å². The summed E-state index contributed by atoms with van der Waals surface area (Å²) >= 11 is 0. The summed E-state index contributed by atoms with van der Waals surface area (Å²) in [5.74, 6) is -2.04. The first-order valence-corrected chi connectivity index (χ1v) is 16.3. The van der Waals surface area contributed by atoms with Crippen molar-refractivity contribution in [2.24, 2.45) is 5.16 Å². The minimum atomic E-state index is -0.753. The Morgan fingerprint density at radius 3 is 1.96 bits per heavy atom. The minimum absolute atomic E-state index is 0.109. The number of fused-ring (bicyclic) bond motifs is 3. The Bertz CT molecular complexity index is 2580. The molecule has 0 aliphatic carbocycles. The molecule has 1 aromatic heterocycles. The molecule has 0 aliphatic rings. The maximum Gasteiger partial charge on any atom is 0.332 e. The molecule has 248 valence electrons. The molecule has 0 N–H and O–H groups in total. The average Bonchev–Trinajstić information content (AvgIpc) is 3.44. The molecule has 0 saturated heterocycles. The highest BCUT2D eigenvalue weighted by atomic mass is 16.7. The van der Waals surface area contributed by atoms with Gasteiger partial charge in [0.15, 0.2) is 11.5 Å². The predicted octanol–water partition coefficient (Wildman–Crippen LogP) is 8.36. The molecule has 1 amide bonds. The van der Waals surface area contributed by atoms with Crippen molar-refractivity contribution in [3.05, 3.63) is 120 Å². The molecule has 7 aromatic rings. The van der Waals surface area contributed by atoms with Crippen LogP contribution in [0, 0.1) is 0 Å². The molecule has 0 fully saturated rings. The van der Waals surface area contributed by atoms with Crippen LogP contribution >= 0.6 is 0 Å². The lowest BCUT2D eigenvalue weighted by atomic mass is 9.89. The summed E-state index contributed by atoms with van der Waals surface area (Å²) in [6, 6.07) is 29.2. The fraction of sp³-hybridized carbons (Fsp3) is 0.146. The number of nitrogens with zero attached hydrogens (tertiary/aromatic N) is 3. The Morgan fingerprint density at radius 2 is 1.34 bits per heavy atom. The quantitative estimate of drug-likeness (QED) is 0.0479. The predicted molar refractivity (Wildman–Crippen MR) is 196 cm³/mol. The molecule has 50 heavy (non-hydrogen) atoms. The van der Waals surface area contributed by atoms with E-state index in [0.29, 0.717) is 17.7 Å². The fourth-order valence-corrected chi connectivity index (χ4v) is 6.87. The number of rotatable bonds is 10. The first kappa shape index (κ1) is 32.4. The largest absolute Gasteiger partial charge is 0.341 e. The van der Waals surface area contributed by atoms with Crippen molar-refractivity contribution >= 4 is 83.3 Å². The lowest BCUT2D eigenvalue weighted by Gasteiger charge is -2.21. The van der Waals surface area contributed by atoms with Crippen LogP contribution in [0.4, 0.5) is 0 Å². The SMILES string of the molecule is C=C(/C(=N\OC(C)=O)C(=O)c1ccc2c(c1)c1cc(C(=O)c3ccc4ccc5cccc6ccc3c4c56)ccc1n2CC)N(OCC)C(C)=O. The maximum atomic E-state index is 14.3. The Labute approximate surface area is 287 Å². The van der Waals surface area contributed by atoms with Crippen LogP contribution in [0.25, 0.3) is 54.1 Å². The Morgan fingerprint density at radius 1 is 0.740 bits per heavy atom. The maximum absolute atomic E-state index is 14.3. The number of aromatic nitrogens is 1. The van der Waals surface area contributed by atoms with Crippen LogP contribution in [0.15, 0.2) is 108 Å². The highest BCUT2D eigenvalue weighted by molar-refractivity contribution is 6.51. The summed E-state index contributed by atoms with van der Waals surface area (Å²) in [6.45, 7) is 10.7. The first-order valence-electron chi connectivity index (χ1n) is 16.3. The number of ketones is 2. The van der Waals surface area contributed by atoms with Crippen LogP contribution in [0.1, 0.15) is 54.0 Å². The van der Waals surface area contributed by atoms with E-state index in [1.54, 1.807) is 19.1 Å². The number of hydrogen-bond acceptors (Lipinski definition) is 7. The minimum Gasteiger partial charge on any atom is -0.341 e. The van der Waals surface area contributed by atoms with Gasteiger partial charge in [0.05, 0.1) is 12.3 Å². The van der Waals surface area contributed by atoms with E-state index in [9.17, 15) is 19.2 Å². The number of hydroxylamine groups is 2. The molecule has 9 heteroatoms. The lowest BCUT2D eigenvalue weighted by molar-refractivity contribution is -0.168. The van der Waals surface area contributed by atoms with Gasteiger partial charge in [-0.1, -0.05) is 60.3 Å². The van der Waals surface area contributed by atoms with Gasteiger partial charge in [-0.05, 0) is 88.6 Å². The molecular weight excluding hydrogens is 630 g/mol. The van der Waals surface area contributed by atoms with Gasteiger partial charge < -0.3 is 9.40 Å². The molecule has 0 aliphatic heterocycles. The van der Waals surface area contributed by atoms with Crippen molar-refractivity contribution in [1.29, 1.82) is 0 Å². The molecule has 0 saturated carbocycles. The molecule has 0 radical (unpaired) electrons. The zero-order valence-electron chi connectivity index (χ0n) is 28.1. The summed E-state index contributed by atoms with van der Waals surface area (Å²) in [5, 5.41) is 12.6. The van der Waals surface area contributed by atoms with Crippen LogP contribution in [0.3, 0.4) is 0 Å². The van der Waals surface area contributed by atoms with Crippen molar-refractivity contribution in [3.63, 3.8) is 0 Å². The number of carbonyl (C=O) groups is 4. The van der Waals surface area contributed by atoms with E-state index in [1.807, 2.05) is 55.5 Å². The van der Waals surface area contributed by atoms with Gasteiger partial charge in [0.25, 0.3) is 0 Å². The van der Waals surface area contributed by atoms with E-state index in [0.717, 1.165) is 66.1 Å². The number of oxime groups is 1. The number of Topliss-reactive ketones (excluding diaryl/α,β-unsaturated/α-hetero) is 1. The number of amides is 1. The second-order valence-electron chi connectivity index (χ2n) is 12.0. The zero-order chi connectivity index (χ0) is 35.3. The van der Waals surface area contributed by atoms with Gasteiger partial charge in [-0.3, -0.25) is 19.2 Å². The highest BCUT2D eigenvalue weighted by Gasteiger charge is 2.27. The molecule has 0 atom stereocenters. The average molecular weight is 664 g/mol. The van der Waals surface area contributed by atoms with Crippen molar-refractivity contribution < 1.29 is 28.9 Å². The summed E-state index contributed by atoms with van der Waals surface area (Å²) < 4.78 is 2.11. The molecule has 9 nitrogen and oxygen atoms in total. The number of carbonyl (C=O) groups excluding carboxylic acids is 4. The summed E-state index contributed by atoms with van der Waals surface area (Å²) in [7, 11) is 0. The molecule has 0 bridgehead atoms. The third kappa shape index (κ3) is 5.28. The van der Waals surface area contributed by atoms with Gasteiger partial charge in [0, 0.05) is 58.9 Å². The number of aryl methyl sites for hydroxylation is 1. The van der Waals surface area contributed by atoms with Gasteiger partial charge in [0.1, 0.15) is 0 Å². The molecule has 0 spiro atoms. The fourth-order valence-electron chi connectivity index (χ4n) is 6.87. The molecule has 1 heterocycles. The smallest absolute Gasteiger partial charge is 0.332 e. The molecule has 7 rings (SSSR count). The first-order chi connectivity index (χ1) is 24.1. The van der Waals surface area contributed by atoms with Crippen LogP contribution in [0.5, 0.6) is 0 Å². The standard InChI is InChI=1S/C41H33N3O6/c1-6-43-35-19-15-29(40(47)32-18-14-28-12-11-26-9-8-10-27-13-17-31(32)38(28)37(26)27)21-33(35)34-22-30(16-20-36(34)43)41(48)39(42-50-25(5)46)23(3)44(24(4)45)49-7-2/h8-22H,3,6-7H2,1-2,4-5H3/b42-39+. The van der Waals surface area contributed by atoms with Crippen molar-refractivity contribution in [1.82, 2.24) is 9.63 Å². The monoisotopic (exact) mass is 663 g/mol. The van der Waals surface area contributed by atoms with Gasteiger partial charge >= 0.3 is 5.97 Å². The normalized spacial score (nSPS) is 12.0.